The molecule has 1 unspecified atom stereocenters. The zero-order valence-corrected chi connectivity index (χ0v) is 16.7. The molecule has 1 saturated heterocycles. The molecule has 7 heteroatoms. The molecule has 0 bridgehead atoms. The van der Waals surface area contributed by atoms with Crippen molar-refractivity contribution in [3.05, 3.63) is 50.9 Å². The summed E-state index contributed by atoms with van der Waals surface area (Å²) in [6.45, 7) is 3.17. The van der Waals surface area contributed by atoms with Crippen molar-refractivity contribution in [2.24, 2.45) is 5.92 Å². The molecular weight excluding hydrogens is 387 g/mol. The summed E-state index contributed by atoms with van der Waals surface area (Å²) in [6.07, 6.45) is 3.06. The van der Waals surface area contributed by atoms with Gasteiger partial charge in [-0.15, -0.1) is 11.3 Å². The van der Waals surface area contributed by atoms with Crippen LogP contribution in [0.4, 0.5) is 10.1 Å². The van der Waals surface area contributed by atoms with Gasteiger partial charge >= 0.3 is 0 Å². The number of amides is 2. The van der Waals surface area contributed by atoms with E-state index >= 15 is 0 Å². The number of carbonyl (C=O) groups is 2. The highest BCUT2D eigenvalue weighted by atomic mass is 35.5. The van der Waals surface area contributed by atoms with Gasteiger partial charge in [0.2, 0.25) is 5.91 Å². The van der Waals surface area contributed by atoms with E-state index in [9.17, 15) is 14.0 Å². The van der Waals surface area contributed by atoms with Crippen LogP contribution in [-0.2, 0) is 4.79 Å². The Bertz CT molecular complexity index is 839. The van der Waals surface area contributed by atoms with Gasteiger partial charge < -0.3 is 10.2 Å². The van der Waals surface area contributed by atoms with Crippen LogP contribution in [0.25, 0.3) is 0 Å². The highest BCUT2D eigenvalue weighted by Gasteiger charge is 2.25. The number of hydrogen-bond donors (Lipinski definition) is 1. The quantitative estimate of drug-likeness (QED) is 0.746. The number of nitrogens with one attached hydrogen (secondary N) is 1. The number of rotatable bonds is 5. The second-order valence-electron chi connectivity index (χ2n) is 6.91. The number of nitrogens with zero attached hydrogens (tertiary/aromatic N) is 1. The van der Waals surface area contributed by atoms with Crippen LogP contribution in [0.2, 0.25) is 4.34 Å². The molecule has 1 N–H and O–H groups in total. The number of piperidine rings is 1. The highest BCUT2D eigenvalue weighted by Crippen LogP contribution is 2.27. The van der Waals surface area contributed by atoms with Gasteiger partial charge in [-0.2, -0.15) is 0 Å². The Morgan fingerprint density at radius 2 is 2.15 bits per heavy atom. The number of benzene rings is 1. The van der Waals surface area contributed by atoms with Gasteiger partial charge in [-0.1, -0.05) is 11.6 Å². The SMILES string of the molecule is Cc1cc(F)ccc1NC(=O)CCC1CCCN(C(=O)c2ccc(Cl)s2)C1. The third-order valence-corrected chi connectivity index (χ3v) is 6.05. The third-order valence-electron chi connectivity index (χ3n) is 4.83. The van der Waals surface area contributed by atoms with Crippen molar-refractivity contribution in [3.8, 4) is 0 Å². The van der Waals surface area contributed by atoms with E-state index in [-0.39, 0.29) is 17.6 Å². The first-order chi connectivity index (χ1) is 12.9. The van der Waals surface area contributed by atoms with Crippen LogP contribution in [0.15, 0.2) is 30.3 Å². The van der Waals surface area contributed by atoms with Crippen LogP contribution in [-0.4, -0.2) is 29.8 Å². The Kier molecular flexibility index (Phi) is 6.50. The molecule has 3 rings (SSSR count). The van der Waals surface area contributed by atoms with Crippen molar-refractivity contribution >= 4 is 40.4 Å². The van der Waals surface area contributed by atoms with Gasteiger partial charge in [-0.05, 0) is 68.0 Å². The summed E-state index contributed by atoms with van der Waals surface area (Å²) in [4.78, 5) is 27.3. The fourth-order valence-electron chi connectivity index (χ4n) is 3.39. The van der Waals surface area contributed by atoms with Crippen LogP contribution in [0, 0.1) is 18.7 Å². The molecule has 2 heterocycles. The number of likely N-dealkylation sites (tertiary alicyclic amines) is 1. The van der Waals surface area contributed by atoms with Crippen molar-refractivity contribution in [2.75, 3.05) is 18.4 Å². The smallest absolute Gasteiger partial charge is 0.263 e. The average molecular weight is 409 g/mol. The Balaban J connectivity index is 1.50. The van der Waals surface area contributed by atoms with E-state index in [0.717, 1.165) is 25.8 Å². The van der Waals surface area contributed by atoms with Crippen LogP contribution in [0.3, 0.4) is 0 Å². The number of aryl methyl sites for hydroxylation is 1. The lowest BCUT2D eigenvalue weighted by Crippen LogP contribution is -2.39. The summed E-state index contributed by atoms with van der Waals surface area (Å²) < 4.78 is 13.8. The Morgan fingerprint density at radius 1 is 1.33 bits per heavy atom. The number of thiophene rings is 1. The standard InChI is InChI=1S/C20H22ClFN2O2S/c1-13-11-15(22)5-6-16(13)23-19(25)9-4-14-3-2-10-24(12-14)20(26)17-7-8-18(21)27-17/h5-8,11,14H,2-4,9-10,12H2,1H3,(H,23,25). The molecule has 1 aromatic heterocycles. The lowest BCUT2D eigenvalue weighted by Gasteiger charge is -2.32. The van der Waals surface area contributed by atoms with Crippen molar-refractivity contribution in [1.82, 2.24) is 4.90 Å². The summed E-state index contributed by atoms with van der Waals surface area (Å²) in [5.74, 6) is -0.0797. The second-order valence-corrected chi connectivity index (χ2v) is 8.62. The predicted octanol–water partition coefficient (Wildman–Crippen LogP) is 5.12. The minimum atomic E-state index is -0.315. The van der Waals surface area contributed by atoms with Crippen LogP contribution < -0.4 is 5.32 Å². The summed E-state index contributed by atoms with van der Waals surface area (Å²) in [5, 5.41) is 2.84. The van der Waals surface area contributed by atoms with Gasteiger partial charge in [-0.25, -0.2) is 4.39 Å². The van der Waals surface area contributed by atoms with E-state index in [0.29, 0.717) is 39.3 Å². The van der Waals surface area contributed by atoms with Crippen molar-refractivity contribution in [1.29, 1.82) is 0 Å². The lowest BCUT2D eigenvalue weighted by molar-refractivity contribution is -0.116. The first-order valence-electron chi connectivity index (χ1n) is 9.03. The Hall–Kier alpha value is -1.92. The van der Waals surface area contributed by atoms with Crippen molar-refractivity contribution < 1.29 is 14.0 Å². The Morgan fingerprint density at radius 3 is 2.85 bits per heavy atom. The van der Waals surface area contributed by atoms with Gasteiger partial charge in [0.15, 0.2) is 0 Å². The molecule has 4 nitrogen and oxygen atoms in total. The number of hydrogen-bond acceptors (Lipinski definition) is 3. The number of anilines is 1. The summed E-state index contributed by atoms with van der Waals surface area (Å²) in [7, 11) is 0. The van der Waals surface area contributed by atoms with Gasteiger partial charge in [0.25, 0.3) is 5.91 Å². The molecule has 2 amide bonds. The minimum absolute atomic E-state index is 0.0167. The molecule has 1 aromatic carbocycles. The second kappa shape index (κ2) is 8.85. The molecule has 1 aliphatic heterocycles. The molecule has 144 valence electrons. The number of carbonyl (C=O) groups excluding carboxylic acids is 2. The van der Waals surface area contributed by atoms with Gasteiger partial charge in [0, 0.05) is 25.2 Å². The fourth-order valence-corrected chi connectivity index (χ4v) is 4.40. The van der Waals surface area contributed by atoms with E-state index < -0.39 is 0 Å². The minimum Gasteiger partial charge on any atom is -0.338 e. The average Bonchev–Trinajstić information content (AvgIpc) is 3.08. The lowest BCUT2D eigenvalue weighted by atomic mass is 9.93. The first kappa shape index (κ1) is 19.8. The largest absolute Gasteiger partial charge is 0.338 e. The maximum atomic E-state index is 13.2. The molecule has 0 radical (unpaired) electrons. The van der Waals surface area contributed by atoms with Gasteiger partial charge in [-0.3, -0.25) is 9.59 Å². The molecule has 2 aromatic rings. The van der Waals surface area contributed by atoms with E-state index in [1.165, 1.54) is 23.5 Å². The Labute approximate surface area is 167 Å². The molecular formula is C20H22ClFN2O2S. The van der Waals surface area contributed by atoms with Gasteiger partial charge in [0.1, 0.15) is 5.82 Å². The molecule has 0 spiro atoms. The predicted molar refractivity (Wildman–Crippen MR) is 107 cm³/mol. The van der Waals surface area contributed by atoms with Crippen LogP contribution in [0.5, 0.6) is 0 Å². The highest BCUT2D eigenvalue weighted by molar-refractivity contribution is 7.17. The normalized spacial score (nSPS) is 17.0. The molecule has 1 fully saturated rings. The molecule has 0 saturated carbocycles. The summed E-state index contributed by atoms with van der Waals surface area (Å²) in [6, 6.07) is 7.82. The van der Waals surface area contributed by atoms with Crippen molar-refractivity contribution in [3.63, 3.8) is 0 Å². The molecule has 1 atom stereocenters. The van der Waals surface area contributed by atoms with E-state index in [1.54, 1.807) is 25.1 Å². The monoisotopic (exact) mass is 408 g/mol. The third kappa shape index (κ3) is 5.30. The van der Waals surface area contributed by atoms with E-state index in [1.807, 2.05) is 4.90 Å². The van der Waals surface area contributed by atoms with Crippen molar-refractivity contribution in [2.45, 2.75) is 32.6 Å². The topological polar surface area (TPSA) is 49.4 Å². The van der Waals surface area contributed by atoms with E-state index in [2.05, 4.69) is 5.32 Å². The first-order valence-corrected chi connectivity index (χ1v) is 10.2. The van der Waals surface area contributed by atoms with Crippen LogP contribution >= 0.6 is 22.9 Å². The molecule has 0 aliphatic carbocycles. The summed E-state index contributed by atoms with van der Waals surface area (Å²) in [5.41, 5.74) is 1.34. The number of halogens is 2. The van der Waals surface area contributed by atoms with Crippen LogP contribution in [0.1, 0.15) is 40.9 Å². The maximum Gasteiger partial charge on any atom is 0.263 e. The van der Waals surface area contributed by atoms with Gasteiger partial charge in [0.05, 0.1) is 9.21 Å². The zero-order valence-electron chi connectivity index (χ0n) is 15.1. The fraction of sp³-hybridized carbons (Fsp3) is 0.400. The molecule has 27 heavy (non-hydrogen) atoms. The zero-order chi connectivity index (χ0) is 19.4. The summed E-state index contributed by atoms with van der Waals surface area (Å²) >= 11 is 7.22. The van der Waals surface area contributed by atoms with E-state index in [4.69, 9.17) is 11.6 Å². The molecule has 1 aliphatic rings. The maximum absolute atomic E-state index is 13.2.